The molecule has 1 saturated heterocycles. The largest absolute Gasteiger partial charge is 0.495 e. The second-order valence-corrected chi connectivity index (χ2v) is 8.30. The molecule has 0 atom stereocenters. The number of aryl methyl sites for hydroxylation is 1. The Morgan fingerprint density at radius 1 is 1.06 bits per heavy atom. The monoisotopic (exact) mass is 455 g/mol. The maximum atomic E-state index is 5.71. The number of nitrogens with zero attached hydrogens (tertiary/aromatic N) is 6. The molecule has 0 saturated carbocycles. The fourth-order valence-electron chi connectivity index (χ4n) is 4.40. The topological polar surface area (TPSA) is 81.7 Å². The summed E-state index contributed by atoms with van der Waals surface area (Å²) in [6.07, 6.45) is 7.52. The lowest BCUT2D eigenvalue weighted by Crippen LogP contribution is -2.36. The first kappa shape index (κ1) is 20.5. The quantitative estimate of drug-likeness (QED) is 0.431. The van der Waals surface area contributed by atoms with Crippen LogP contribution in [-0.2, 0) is 11.8 Å². The molecular weight excluding hydrogens is 430 g/mol. The Hall–Kier alpha value is -4.11. The van der Waals surface area contributed by atoms with Gasteiger partial charge in [-0.1, -0.05) is 6.07 Å². The van der Waals surface area contributed by atoms with Crippen molar-refractivity contribution in [2.24, 2.45) is 7.05 Å². The molecule has 1 N–H and O–H groups in total. The summed E-state index contributed by atoms with van der Waals surface area (Å²) in [4.78, 5) is 16.1. The smallest absolute Gasteiger partial charge is 0.180 e. The third kappa shape index (κ3) is 3.60. The van der Waals surface area contributed by atoms with Gasteiger partial charge in [0.05, 0.1) is 49.1 Å². The number of ether oxygens (including phenoxy) is 2. The molecule has 0 bridgehead atoms. The van der Waals surface area contributed by atoms with Gasteiger partial charge in [0.15, 0.2) is 11.5 Å². The van der Waals surface area contributed by atoms with Crippen LogP contribution < -0.4 is 15.0 Å². The molecular formula is C25H25N7O2. The SMILES string of the molecule is COc1cc(Nc2nc(-c3ccc4ncn(C)c4c3)cn3ccnc23)ccc1N1CCOCC1. The van der Waals surface area contributed by atoms with E-state index in [-0.39, 0.29) is 0 Å². The van der Waals surface area contributed by atoms with E-state index >= 15 is 0 Å². The van der Waals surface area contributed by atoms with Gasteiger partial charge in [-0.3, -0.25) is 0 Å². The van der Waals surface area contributed by atoms with Crippen molar-refractivity contribution in [1.82, 2.24) is 23.9 Å². The van der Waals surface area contributed by atoms with Gasteiger partial charge in [-0.15, -0.1) is 0 Å². The first-order valence-electron chi connectivity index (χ1n) is 11.2. The number of hydrogen-bond acceptors (Lipinski definition) is 7. The number of hydrogen-bond donors (Lipinski definition) is 1. The van der Waals surface area contributed by atoms with Crippen LogP contribution in [-0.4, -0.2) is 57.3 Å². The van der Waals surface area contributed by atoms with Crippen LogP contribution in [0.1, 0.15) is 0 Å². The molecule has 4 heterocycles. The van der Waals surface area contributed by atoms with Crippen molar-refractivity contribution < 1.29 is 9.47 Å². The van der Waals surface area contributed by atoms with Crippen molar-refractivity contribution in [3.05, 3.63) is 61.3 Å². The third-order valence-corrected chi connectivity index (χ3v) is 6.19. The van der Waals surface area contributed by atoms with E-state index in [1.165, 1.54) is 0 Å². The number of methoxy groups -OCH3 is 1. The summed E-state index contributed by atoms with van der Waals surface area (Å²) in [5.41, 5.74) is 6.56. The van der Waals surface area contributed by atoms with Gasteiger partial charge in [-0.2, -0.15) is 0 Å². The van der Waals surface area contributed by atoms with E-state index in [1.807, 2.05) is 59.0 Å². The lowest BCUT2D eigenvalue weighted by Gasteiger charge is -2.30. The van der Waals surface area contributed by atoms with E-state index in [1.54, 1.807) is 13.3 Å². The average molecular weight is 456 g/mol. The normalized spacial score (nSPS) is 14.1. The molecule has 172 valence electrons. The molecule has 0 radical (unpaired) electrons. The lowest BCUT2D eigenvalue weighted by atomic mass is 10.1. The first-order valence-corrected chi connectivity index (χ1v) is 11.2. The Balaban J connectivity index is 1.38. The second kappa shape index (κ2) is 8.35. The molecule has 0 aliphatic carbocycles. The van der Waals surface area contributed by atoms with Gasteiger partial charge in [0.25, 0.3) is 0 Å². The van der Waals surface area contributed by atoms with Crippen LogP contribution in [0.15, 0.2) is 61.3 Å². The molecule has 1 aliphatic heterocycles. The summed E-state index contributed by atoms with van der Waals surface area (Å²) in [7, 11) is 3.69. The molecule has 2 aromatic carbocycles. The number of morpholine rings is 1. The van der Waals surface area contributed by atoms with Gasteiger partial charge in [-0.05, 0) is 24.3 Å². The van der Waals surface area contributed by atoms with Crippen LogP contribution >= 0.6 is 0 Å². The van der Waals surface area contributed by atoms with E-state index in [4.69, 9.17) is 14.5 Å². The Kier molecular flexibility index (Phi) is 5.03. The maximum Gasteiger partial charge on any atom is 0.180 e. The Morgan fingerprint density at radius 2 is 1.94 bits per heavy atom. The van der Waals surface area contributed by atoms with Crippen molar-refractivity contribution in [2.45, 2.75) is 0 Å². The lowest BCUT2D eigenvalue weighted by molar-refractivity contribution is 0.122. The van der Waals surface area contributed by atoms with Crippen molar-refractivity contribution in [1.29, 1.82) is 0 Å². The van der Waals surface area contributed by atoms with Crippen LogP contribution in [0.3, 0.4) is 0 Å². The van der Waals surface area contributed by atoms with Crippen molar-refractivity contribution in [3.8, 4) is 17.0 Å². The van der Waals surface area contributed by atoms with E-state index in [0.29, 0.717) is 5.82 Å². The number of rotatable bonds is 5. The van der Waals surface area contributed by atoms with Gasteiger partial charge in [0.1, 0.15) is 5.75 Å². The van der Waals surface area contributed by atoms with E-state index in [0.717, 1.165) is 71.4 Å². The molecule has 3 aromatic heterocycles. The summed E-state index contributed by atoms with van der Waals surface area (Å²) < 4.78 is 15.2. The van der Waals surface area contributed by atoms with Crippen molar-refractivity contribution in [2.75, 3.05) is 43.6 Å². The van der Waals surface area contributed by atoms with Crippen LogP contribution in [0.25, 0.3) is 27.9 Å². The van der Waals surface area contributed by atoms with Crippen molar-refractivity contribution >= 4 is 33.9 Å². The highest BCUT2D eigenvalue weighted by Crippen LogP contribution is 2.34. The number of benzene rings is 2. The number of nitrogens with one attached hydrogen (secondary N) is 1. The maximum absolute atomic E-state index is 5.71. The van der Waals surface area contributed by atoms with Crippen molar-refractivity contribution in [3.63, 3.8) is 0 Å². The minimum absolute atomic E-state index is 0.675. The van der Waals surface area contributed by atoms with Crippen LogP contribution in [0, 0.1) is 0 Å². The fourth-order valence-corrected chi connectivity index (χ4v) is 4.40. The summed E-state index contributed by atoms with van der Waals surface area (Å²) in [5, 5.41) is 3.46. The van der Waals surface area contributed by atoms with Gasteiger partial charge < -0.3 is 28.7 Å². The zero-order valence-corrected chi connectivity index (χ0v) is 19.1. The average Bonchev–Trinajstić information content (AvgIpc) is 3.51. The van der Waals surface area contributed by atoms with Crippen LogP contribution in [0.4, 0.5) is 17.2 Å². The minimum Gasteiger partial charge on any atom is -0.495 e. The number of fused-ring (bicyclic) bond motifs is 2. The Labute approximate surface area is 196 Å². The van der Waals surface area contributed by atoms with Gasteiger partial charge in [0, 0.05) is 56.0 Å². The van der Waals surface area contributed by atoms with Gasteiger partial charge in [0.2, 0.25) is 0 Å². The molecule has 34 heavy (non-hydrogen) atoms. The van der Waals surface area contributed by atoms with Crippen LogP contribution in [0.5, 0.6) is 5.75 Å². The van der Waals surface area contributed by atoms with E-state index < -0.39 is 0 Å². The molecule has 1 aliphatic rings. The molecule has 9 nitrogen and oxygen atoms in total. The minimum atomic E-state index is 0.675. The molecule has 5 aromatic rings. The standard InChI is InChI=1S/C25H25N7O2/c1-30-16-27-19-5-3-17(13-22(19)30)20-15-32-8-7-26-25(32)24(29-20)28-18-4-6-21(23(14-18)33-2)31-9-11-34-12-10-31/h3-8,13-16H,9-12H2,1-2H3,(H,28,29). The molecule has 1 fully saturated rings. The zero-order chi connectivity index (χ0) is 23.1. The third-order valence-electron chi connectivity index (χ3n) is 6.19. The predicted molar refractivity (Wildman–Crippen MR) is 132 cm³/mol. The highest BCUT2D eigenvalue weighted by atomic mass is 16.5. The molecule has 0 spiro atoms. The summed E-state index contributed by atoms with van der Waals surface area (Å²) in [6, 6.07) is 12.3. The highest BCUT2D eigenvalue weighted by Gasteiger charge is 2.17. The highest BCUT2D eigenvalue weighted by molar-refractivity contribution is 5.82. The zero-order valence-electron chi connectivity index (χ0n) is 19.1. The second-order valence-electron chi connectivity index (χ2n) is 8.30. The van der Waals surface area contributed by atoms with Gasteiger partial charge >= 0.3 is 0 Å². The molecule has 0 amide bonds. The summed E-state index contributed by atoms with van der Waals surface area (Å²) >= 11 is 0. The number of imidazole rings is 2. The molecule has 9 heteroatoms. The molecule has 0 unspecified atom stereocenters. The molecule has 6 rings (SSSR count). The Morgan fingerprint density at radius 3 is 2.79 bits per heavy atom. The predicted octanol–water partition coefficient (Wildman–Crippen LogP) is 3.87. The Bertz CT molecular complexity index is 1480. The first-order chi connectivity index (χ1) is 16.7. The van der Waals surface area contributed by atoms with Crippen LogP contribution in [0.2, 0.25) is 0 Å². The van der Waals surface area contributed by atoms with Gasteiger partial charge in [-0.25, -0.2) is 15.0 Å². The number of aromatic nitrogens is 5. The summed E-state index contributed by atoms with van der Waals surface area (Å²) in [6.45, 7) is 3.15. The summed E-state index contributed by atoms with van der Waals surface area (Å²) in [5.74, 6) is 1.48. The van der Waals surface area contributed by atoms with E-state index in [9.17, 15) is 0 Å². The number of anilines is 3. The van der Waals surface area contributed by atoms with E-state index in [2.05, 4.69) is 32.3 Å². The fraction of sp³-hybridized carbons (Fsp3) is 0.240.